The predicted octanol–water partition coefficient (Wildman–Crippen LogP) is 1.61. The van der Waals surface area contributed by atoms with E-state index in [0.717, 1.165) is 18.4 Å². The van der Waals surface area contributed by atoms with E-state index in [1.807, 2.05) is 6.92 Å². The molecule has 0 spiro atoms. The Bertz CT molecular complexity index is 550. The summed E-state index contributed by atoms with van der Waals surface area (Å²) in [5.74, 6) is 0. The maximum Gasteiger partial charge on any atom is 0.240 e. The number of sulfonamides is 1. The minimum absolute atomic E-state index is 0.221. The number of hydrogen-bond donors (Lipinski definition) is 2. The van der Waals surface area contributed by atoms with E-state index in [2.05, 4.69) is 4.72 Å². The van der Waals surface area contributed by atoms with Crippen molar-refractivity contribution in [2.75, 3.05) is 13.7 Å². The molecule has 1 aromatic rings. The second kappa shape index (κ2) is 8.43. The molecule has 21 heavy (non-hydrogen) atoms. The highest BCUT2D eigenvalue weighted by molar-refractivity contribution is 7.89. The number of benzene rings is 1. The molecule has 3 N–H and O–H groups in total. The van der Waals surface area contributed by atoms with Crippen LogP contribution in [0.25, 0.3) is 0 Å². The van der Waals surface area contributed by atoms with Gasteiger partial charge in [-0.3, -0.25) is 0 Å². The van der Waals surface area contributed by atoms with E-state index < -0.39 is 10.0 Å². The van der Waals surface area contributed by atoms with Crippen LogP contribution >= 0.6 is 12.2 Å². The van der Waals surface area contributed by atoms with Gasteiger partial charge in [0.25, 0.3) is 0 Å². The fourth-order valence-electron chi connectivity index (χ4n) is 2.00. The number of methoxy groups -OCH3 is 1. The Kier molecular flexibility index (Phi) is 7.24. The Morgan fingerprint density at radius 3 is 2.48 bits per heavy atom. The van der Waals surface area contributed by atoms with Crippen molar-refractivity contribution in [2.45, 2.75) is 37.1 Å². The summed E-state index contributed by atoms with van der Waals surface area (Å²) >= 11 is 4.83. The summed E-state index contributed by atoms with van der Waals surface area (Å²) in [6.45, 7) is 2.36. The number of nitrogens with two attached hydrogens (primary N) is 1. The van der Waals surface area contributed by atoms with Crippen LogP contribution in [0.15, 0.2) is 29.2 Å². The highest BCUT2D eigenvalue weighted by Gasteiger charge is 2.19. The van der Waals surface area contributed by atoms with Crippen LogP contribution in [0, 0.1) is 0 Å². The van der Waals surface area contributed by atoms with Crippen molar-refractivity contribution >= 4 is 27.2 Å². The van der Waals surface area contributed by atoms with Gasteiger partial charge in [0.2, 0.25) is 10.0 Å². The van der Waals surface area contributed by atoms with Crippen molar-refractivity contribution < 1.29 is 13.2 Å². The van der Waals surface area contributed by atoms with Crippen LogP contribution in [0.1, 0.15) is 25.3 Å². The molecule has 1 atom stereocenters. The van der Waals surface area contributed by atoms with Crippen molar-refractivity contribution in [3.63, 3.8) is 0 Å². The van der Waals surface area contributed by atoms with Gasteiger partial charge in [0.15, 0.2) is 0 Å². The first-order chi connectivity index (χ1) is 9.89. The largest absolute Gasteiger partial charge is 0.393 e. The molecule has 1 rings (SSSR count). The van der Waals surface area contributed by atoms with Crippen molar-refractivity contribution in [1.82, 2.24) is 4.72 Å². The van der Waals surface area contributed by atoms with Gasteiger partial charge in [0, 0.05) is 19.6 Å². The second-order valence-corrected chi connectivity index (χ2v) is 7.09. The topological polar surface area (TPSA) is 81.4 Å². The Morgan fingerprint density at radius 2 is 2.00 bits per heavy atom. The maximum atomic E-state index is 12.3. The molecule has 0 aliphatic heterocycles. The molecule has 0 radical (unpaired) electrons. The van der Waals surface area contributed by atoms with Gasteiger partial charge in [0.05, 0.1) is 16.5 Å². The highest BCUT2D eigenvalue weighted by Crippen LogP contribution is 2.13. The van der Waals surface area contributed by atoms with Crippen LogP contribution in [-0.4, -0.2) is 33.2 Å². The lowest BCUT2D eigenvalue weighted by Crippen LogP contribution is -2.37. The number of rotatable bonds is 9. The third-order valence-electron chi connectivity index (χ3n) is 2.94. The lowest BCUT2D eigenvalue weighted by Gasteiger charge is -2.17. The molecular formula is C14H22N2O3S2. The first-order valence-corrected chi connectivity index (χ1v) is 8.66. The summed E-state index contributed by atoms with van der Waals surface area (Å²) in [6, 6.07) is 6.34. The van der Waals surface area contributed by atoms with E-state index in [-0.39, 0.29) is 10.9 Å². The van der Waals surface area contributed by atoms with Gasteiger partial charge in [0.1, 0.15) is 0 Å². The Morgan fingerprint density at radius 1 is 1.38 bits per heavy atom. The lowest BCUT2D eigenvalue weighted by atomic mass is 10.1. The molecule has 0 saturated carbocycles. The Labute approximate surface area is 131 Å². The minimum atomic E-state index is -3.54. The zero-order chi connectivity index (χ0) is 15.9. The van der Waals surface area contributed by atoms with Gasteiger partial charge < -0.3 is 10.5 Å². The first-order valence-electron chi connectivity index (χ1n) is 6.77. The van der Waals surface area contributed by atoms with E-state index in [4.69, 9.17) is 22.7 Å². The average molecular weight is 330 g/mol. The molecule has 118 valence electrons. The predicted molar refractivity (Wildman–Crippen MR) is 87.8 cm³/mol. The van der Waals surface area contributed by atoms with E-state index in [1.54, 1.807) is 31.4 Å². The number of nitrogens with one attached hydrogen (secondary N) is 1. The molecule has 0 bridgehead atoms. The van der Waals surface area contributed by atoms with E-state index in [1.165, 1.54) is 0 Å². The van der Waals surface area contributed by atoms with Gasteiger partial charge >= 0.3 is 0 Å². The molecule has 5 nitrogen and oxygen atoms in total. The molecule has 0 aliphatic carbocycles. The number of thiocarbonyl (C=S) groups is 1. The Hall–Kier alpha value is -1.02. The normalized spacial score (nSPS) is 13.0. The molecular weight excluding hydrogens is 308 g/mol. The Balaban J connectivity index is 2.83. The molecule has 0 aliphatic rings. The molecule has 0 saturated heterocycles. The fraction of sp³-hybridized carbons (Fsp3) is 0.500. The van der Waals surface area contributed by atoms with Gasteiger partial charge in [-0.2, -0.15) is 0 Å². The van der Waals surface area contributed by atoms with Crippen LogP contribution in [0.4, 0.5) is 0 Å². The summed E-state index contributed by atoms with van der Waals surface area (Å²) in [7, 11) is -1.99. The second-order valence-electron chi connectivity index (χ2n) is 4.85. The number of hydrogen-bond acceptors (Lipinski definition) is 4. The first kappa shape index (κ1) is 18.0. The smallest absolute Gasteiger partial charge is 0.240 e. The van der Waals surface area contributed by atoms with Crippen LogP contribution in [0.3, 0.4) is 0 Å². The molecule has 0 amide bonds. The monoisotopic (exact) mass is 330 g/mol. The zero-order valence-electron chi connectivity index (χ0n) is 12.3. The zero-order valence-corrected chi connectivity index (χ0v) is 14.0. The van der Waals surface area contributed by atoms with E-state index >= 15 is 0 Å². The van der Waals surface area contributed by atoms with Gasteiger partial charge in [-0.05, 0) is 24.1 Å². The van der Waals surface area contributed by atoms with Crippen molar-refractivity contribution in [3.05, 3.63) is 29.8 Å². The molecule has 0 aromatic heterocycles. The van der Waals surface area contributed by atoms with Crippen LogP contribution < -0.4 is 10.5 Å². The molecule has 0 heterocycles. The van der Waals surface area contributed by atoms with Crippen LogP contribution in [0.5, 0.6) is 0 Å². The molecule has 7 heteroatoms. The summed E-state index contributed by atoms with van der Waals surface area (Å²) in [5.41, 5.74) is 6.36. The quantitative estimate of drug-likeness (QED) is 0.672. The van der Waals surface area contributed by atoms with Crippen molar-refractivity contribution in [1.29, 1.82) is 0 Å². The van der Waals surface area contributed by atoms with Gasteiger partial charge in [-0.25, -0.2) is 13.1 Å². The fourth-order valence-corrected chi connectivity index (χ4v) is 3.42. The average Bonchev–Trinajstić information content (AvgIpc) is 2.38. The van der Waals surface area contributed by atoms with Crippen molar-refractivity contribution in [2.24, 2.45) is 5.73 Å². The van der Waals surface area contributed by atoms with Crippen LogP contribution in [-0.2, 0) is 21.2 Å². The SMILES string of the molecule is CCCC(COC)NS(=O)(=O)c1ccc(CC(N)=S)cc1. The molecule has 1 unspecified atom stereocenters. The van der Waals surface area contributed by atoms with Gasteiger partial charge in [-0.1, -0.05) is 37.7 Å². The molecule has 0 fully saturated rings. The van der Waals surface area contributed by atoms with Crippen molar-refractivity contribution in [3.8, 4) is 0 Å². The summed E-state index contributed by atoms with van der Waals surface area (Å²) in [6.07, 6.45) is 2.07. The standard InChI is InChI=1S/C14H22N2O3S2/c1-3-4-12(10-19-2)16-21(17,18)13-7-5-11(6-8-13)9-14(15)20/h5-8,12,16H,3-4,9-10H2,1-2H3,(H2,15,20). The summed E-state index contributed by atoms with van der Waals surface area (Å²) in [4.78, 5) is 0.609. The third kappa shape index (κ3) is 6.09. The highest BCUT2D eigenvalue weighted by atomic mass is 32.2. The lowest BCUT2D eigenvalue weighted by molar-refractivity contribution is 0.171. The minimum Gasteiger partial charge on any atom is -0.393 e. The molecule has 1 aromatic carbocycles. The van der Waals surface area contributed by atoms with Gasteiger partial charge in [-0.15, -0.1) is 0 Å². The van der Waals surface area contributed by atoms with E-state index in [0.29, 0.717) is 18.0 Å². The number of ether oxygens (including phenoxy) is 1. The van der Waals surface area contributed by atoms with E-state index in [9.17, 15) is 8.42 Å². The summed E-state index contributed by atoms with van der Waals surface area (Å²) in [5, 5.41) is 0. The van der Waals surface area contributed by atoms with Crippen LogP contribution in [0.2, 0.25) is 0 Å². The maximum absolute atomic E-state index is 12.3. The third-order valence-corrected chi connectivity index (χ3v) is 4.62. The summed E-state index contributed by atoms with van der Waals surface area (Å²) < 4.78 is 32.3.